The third-order valence-electron chi connectivity index (χ3n) is 4.83. The third-order valence-corrected chi connectivity index (χ3v) is 4.83. The van der Waals surface area contributed by atoms with Crippen molar-refractivity contribution >= 4 is 11.8 Å². The summed E-state index contributed by atoms with van der Waals surface area (Å²) >= 11 is 0. The summed E-state index contributed by atoms with van der Waals surface area (Å²) in [5.41, 5.74) is 2.19. The van der Waals surface area contributed by atoms with Gasteiger partial charge in [-0.3, -0.25) is 4.98 Å². The zero-order valence-corrected chi connectivity index (χ0v) is 14.8. The first-order valence-electron chi connectivity index (χ1n) is 9.30. The number of rotatable bonds is 8. The molecule has 0 spiro atoms. The Balaban J connectivity index is 1.64. The molecule has 138 valence electrons. The van der Waals surface area contributed by atoms with Gasteiger partial charge in [0.1, 0.15) is 5.82 Å². The highest BCUT2D eigenvalue weighted by Crippen LogP contribution is 2.34. The minimum Gasteiger partial charge on any atom is -0.395 e. The van der Waals surface area contributed by atoms with E-state index in [2.05, 4.69) is 32.3 Å². The summed E-state index contributed by atoms with van der Waals surface area (Å²) in [7, 11) is 0. The first kappa shape index (κ1) is 17.2. The molecular weight excluding hydrogens is 330 g/mol. The van der Waals surface area contributed by atoms with E-state index in [1.54, 1.807) is 6.20 Å². The molecular formula is C19H25N5O2. The first-order chi connectivity index (χ1) is 12.8. The van der Waals surface area contributed by atoms with Gasteiger partial charge in [0.05, 0.1) is 18.9 Å². The van der Waals surface area contributed by atoms with Crippen molar-refractivity contribution < 1.29 is 9.84 Å². The number of nitrogens with zero attached hydrogens (tertiary/aromatic N) is 4. The lowest BCUT2D eigenvalue weighted by atomic mass is 10.0. The molecule has 0 unspecified atom stereocenters. The van der Waals surface area contributed by atoms with Gasteiger partial charge in [0, 0.05) is 50.1 Å². The van der Waals surface area contributed by atoms with Crippen molar-refractivity contribution in [1.82, 2.24) is 15.0 Å². The number of pyridine rings is 1. The highest BCUT2D eigenvalue weighted by atomic mass is 16.5. The fraction of sp³-hybridized carbons (Fsp3) is 0.526. The van der Waals surface area contributed by atoms with Gasteiger partial charge >= 0.3 is 0 Å². The van der Waals surface area contributed by atoms with E-state index in [4.69, 9.17) is 14.8 Å². The van der Waals surface area contributed by atoms with Gasteiger partial charge in [0.15, 0.2) is 0 Å². The molecule has 7 nitrogen and oxygen atoms in total. The quantitative estimate of drug-likeness (QED) is 0.749. The van der Waals surface area contributed by atoms with Crippen molar-refractivity contribution in [2.24, 2.45) is 0 Å². The topological polar surface area (TPSA) is 83.4 Å². The molecule has 1 atom stereocenters. The Kier molecular flexibility index (Phi) is 5.26. The monoisotopic (exact) mass is 355 g/mol. The van der Waals surface area contributed by atoms with Gasteiger partial charge in [-0.2, -0.15) is 4.98 Å². The second-order valence-electron chi connectivity index (χ2n) is 6.91. The molecule has 0 bridgehead atoms. The fourth-order valence-electron chi connectivity index (χ4n) is 3.30. The number of hydrogen-bond donors (Lipinski definition) is 2. The molecule has 26 heavy (non-hydrogen) atoms. The lowest BCUT2D eigenvalue weighted by Gasteiger charge is -2.25. The van der Waals surface area contributed by atoms with E-state index >= 15 is 0 Å². The van der Waals surface area contributed by atoms with Gasteiger partial charge < -0.3 is 20.1 Å². The van der Waals surface area contributed by atoms with E-state index in [1.165, 1.54) is 18.4 Å². The molecule has 2 fully saturated rings. The van der Waals surface area contributed by atoms with Crippen LogP contribution in [0, 0.1) is 0 Å². The average Bonchev–Trinajstić information content (AvgIpc) is 3.37. The van der Waals surface area contributed by atoms with Crippen LogP contribution in [0.4, 0.5) is 11.8 Å². The third kappa shape index (κ3) is 4.11. The molecule has 4 rings (SSSR count). The molecule has 1 aliphatic heterocycles. The predicted octanol–water partition coefficient (Wildman–Crippen LogP) is 1.95. The van der Waals surface area contributed by atoms with Gasteiger partial charge in [-0.15, -0.1) is 0 Å². The summed E-state index contributed by atoms with van der Waals surface area (Å²) in [5.74, 6) is 1.83. The van der Waals surface area contributed by atoms with Crippen molar-refractivity contribution in [3.63, 3.8) is 0 Å². The van der Waals surface area contributed by atoms with E-state index < -0.39 is 0 Å². The second-order valence-corrected chi connectivity index (χ2v) is 6.91. The number of aromatic nitrogens is 3. The number of ether oxygens (including phenoxy) is 1. The summed E-state index contributed by atoms with van der Waals surface area (Å²) in [4.78, 5) is 16.0. The van der Waals surface area contributed by atoms with Crippen LogP contribution in [0.2, 0.25) is 0 Å². The Hall–Kier alpha value is -2.25. The van der Waals surface area contributed by atoms with Crippen molar-refractivity contribution in [2.45, 2.75) is 37.8 Å². The molecule has 1 saturated carbocycles. The number of nitrogens with one attached hydrogen (secondary N) is 1. The van der Waals surface area contributed by atoms with Crippen LogP contribution in [-0.2, 0) is 11.3 Å². The molecule has 0 amide bonds. The maximum Gasteiger partial charge on any atom is 0.224 e. The Morgan fingerprint density at radius 2 is 2.19 bits per heavy atom. The summed E-state index contributed by atoms with van der Waals surface area (Å²) in [5, 5.41) is 12.2. The molecule has 0 aromatic carbocycles. The van der Waals surface area contributed by atoms with Crippen molar-refractivity contribution in [2.75, 3.05) is 36.6 Å². The van der Waals surface area contributed by atoms with E-state index in [0.717, 1.165) is 31.1 Å². The van der Waals surface area contributed by atoms with Crippen molar-refractivity contribution in [3.8, 4) is 0 Å². The van der Waals surface area contributed by atoms with Crippen LogP contribution in [-0.4, -0.2) is 52.5 Å². The largest absolute Gasteiger partial charge is 0.395 e. The summed E-state index contributed by atoms with van der Waals surface area (Å²) < 4.78 is 5.55. The van der Waals surface area contributed by atoms with E-state index in [1.807, 2.05) is 12.3 Å². The Labute approximate surface area is 153 Å². The van der Waals surface area contributed by atoms with Crippen LogP contribution in [0.1, 0.15) is 36.4 Å². The minimum atomic E-state index is 0.0531. The van der Waals surface area contributed by atoms with Gasteiger partial charge in [0.2, 0.25) is 5.95 Å². The maximum absolute atomic E-state index is 9.12. The van der Waals surface area contributed by atoms with E-state index in [-0.39, 0.29) is 6.61 Å². The van der Waals surface area contributed by atoms with E-state index in [0.29, 0.717) is 31.1 Å². The minimum absolute atomic E-state index is 0.0531. The highest BCUT2D eigenvalue weighted by molar-refractivity contribution is 5.48. The van der Waals surface area contributed by atoms with Crippen molar-refractivity contribution in [3.05, 3.63) is 41.9 Å². The van der Waals surface area contributed by atoms with Crippen LogP contribution < -0.4 is 10.2 Å². The first-order valence-corrected chi connectivity index (χ1v) is 9.30. The van der Waals surface area contributed by atoms with Crippen LogP contribution in [0.5, 0.6) is 0 Å². The number of aliphatic hydroxyl groups is 1. The summed E-state index contributed by atoms with van der Waals surface area (Å²) in [6, 6.07) is 6.69. The molecule has 2 aromatic rings. The summed E-state index contributed by atoms with van der Waals surface area (Å²) in [6.07, 6.45) is 7.07. The van der Waals surface area contributed by atoms with Crippen molar-refractivity contribution in [1.29, 1.82) is 0 Å². The lowest BCUT2D eigenvalue weighted by Crippen LogP contribution is -2.27. The van der Waals surface area contributed by atoms with Crippen LogP contribution in [0.15, 0.2) is 30.6 Å². The Morgan fingerprint density at radius 1 is 1.27 bits per heavy atom. The summed E-state index contributed by atoms with van der Waals surface area (Å²) in [6.45, 7) is 2.77. The number of hydrogen-bond acceptors (Lipinski definition) is 7. The fourth-order valence-corrected chi connectivity index (χ4v) is 3.30. The van der Waals surface area contributed by atoms with Crippen LogP contribution >= 0.6 is 0 Å². The SMILES string of the molecule is OCCNc1nc([C@@H]2CCOC2)cc(N(Cc2cccnc2)C2CC2)n1. The van der Waals surface area contributed by atoms with Crippen LogP contribution in [0.25, 0.3) is 0 Å². The molecule has 1 saturated heterocycles. The Bertz CT molecular complexity index is 717. The molecule has 3 heterocycles. The zero-order chi connectivity index (χ0) is 17.8. The normalized spacial score (nSPS) is 19.5. The van der Waals surface area contributed by atoms with E-state index in [9.17, 15) is 0 Å². The zero-order valence-electron chi connectivity index (χ0n) is 14.8. The maximum atomic E-state index is 9.12. The van der Waals surface area contributed by atoms with Crippen LogP contribution in [0.3, 0.4) is 0 Å². The molecule has 2 aliphatic rings. The highest BCUT2D eigenvalue weighted by Gasteiger charge is 2.31. The standard InChI is InChI=1S/C19H25N5O2/c25-8-7-21-19-22-17(15-5-9-26-13-15)10-18(23-19)24(16-3-4-16)12-14-2-1-6-20-11-14/h1-2,6,10-11,15-16,25H,3-5,7-9,12-13H2,(H,21,22,23)/t15-/m1/s1. The smallest absolute Gasteiger partial charge is 0.224 e. The lowest BCUT2D eigenvalue weighted by molar-refractivity contribution is 0.193. The number of anilines is 2. The van der Waals surface area contributed by atoms with Gasteiger partial charge in [-0.1, -0.05) is 6.07 Å². The molecule has 2 aromatic heterocycles. The second kappa shape index (κ2) is 7.97. The molecule has 7 heteroatoms. The van der Waals surface area contributed by atoms with Gasteiger partial charge in [0.25, 0.3) is 0 Å². The predicted molar refractivity (Wildman–Crippen MR) is 99.2 cm³/mol. The molecule has 2 N–H and O–H groups in total. The average molecular weight is 355 g/mol. The molecule has 1 aliphatic carbocycles. The van der Waals surface area contributed by atoms with Gasteiger partial charge in [-0.05, 0) is 30.9 Å². The molecule has 0 radical (unpaired) electrons. The Morgan fingerprint density at radius 3 is 2.88 bits per heavy atom. The van der Waals surface area contributed by atoms with Gasteiger partial charge in [-0.25, -0.2) is 4.98 Å². The number of aliphatic hydroxyl groups excluding tert-OH is 1.